The lowest BCUT2D eigenvalue weighted by molar-refractivity contribution is -0.138. The Balaban J connectivity index is 1.72. The Morgan fingerprint density at radius 2 is 2.41 bits per heavy atom. The molecule has 96 valence electrons. The first kappa shape index (κ1) is 13.0. The lowest BCUT2D eigenvalue weighted by atomic mass is 9.85. The molecule has 4 heteroatoms. The number of methoxy groups -OCH3 is 1. The summed E-state index contributed by atoms with van der Waals surface area (Å²) in [5.74, 6) is 0. The van der Waals surface area contributed by atoms with Crippen LogP contribution in [0.1, 0.15) is 24.6 Å². The Kier molecular flexibility index (Phi) is 4.98. The lowest BCUT2D eigenvalue weighted by Crippen LogP contribution is -2.59. The Labute approximate surface area is 107 Å². The molecule has 3 unspecified atom stereocenters. The van der Waals surface area contributed by atoms with E-state index < -0.39 is 0 Å². The fourth-order valence-electron chi connectivity index (χ4n) is 2.17. The summed E-state index contributed by atoms with van der Waals surface area (Å²) in [6.07, 6.45) is 2.68. The summed E-state index contributed by atoms with van der Waals surface area (Å²) in [6, 6.07) is 4.63. The lowest BCUT2D eigenvalue weighted by Gasteiger charge is -2.43. The van der Waals surface area contributed by atoms with E-state index in [-0.39, 0.29) is 12.2 Å². The quantitative estimate of drug-likeness (QED) is 0.811. The summed E-state index contributed by atoms with van der Waals surface area (Å²) in [5.41, 5.74) is 0. The van der Waals surface area contributed by atoms with E-state index in [1.54, 1.807) is 18.4 Å². The molecule has 0 saturated heterocycles. The highest BCUT2D eigenvalue weighted by Crippen LogP contribution is 2.28. The smallest absolute Gasteiger partial charge is 0.0987 e. The first-order valence-electron chi connectivity index (χ1n) is 6.25. The molecule has 1 fully saturated rings. The van der Waals surface area contributed by atoms with Gasteiger partial charge in [0.2, 0.25) is 0 Å². The first-order chi connectivity index (χ1) is 8.35. The molecule has 0 aliphatic heterocycles. The topological polar surface area (TPSA) is 30.5 Å². The molecule has 0 bridgehead atoms. The minimum Gasteiger partial charge on any atom is -0.377 e. The van der Waals surface area contributed by atoms with Gasteiger partial charge >= 0.3 is 0 Å². The molecule has 17 heavy (non-hydrogen) atoms. The molecule has 1 saturated carbocycles. The third-order valence-corrected chi connectivity index (χ3v) is 4.05. The van der Waals surface area contributed by atoms with Crippen molar-refractivity contribution < 1.29 is 9.47 Å². The van der Waals surface area contributed by atoms with Crippen LogP contribution in [0.25, 0.3) is 0 Å². The summed E-state index contributed by atoms with van der Waals surface area (Å²) < 4.78 is 11.4. The number of hydrogen-bond acceptors (Lipinski definition) is 4. The van der Waals surface area contributed by atoms with Gasteiger partial charge in [-0.15, -0.1) is 11.3 Å². The van der Waals surface area contributed by atoms with Crippen molar-refractivity contribution in [1.82, 2.24) is 5.32 Å². The minimum absolute atomic E-state index is 0.210. The number of hydrogen-bond donors (Lipinski definition) is 1. The second-order valence-corrected chi connectivity index (χ2v) is 5.46. The molecule has 3 nitrogen and oxygen atoms in total. The van der Waals surface area contributed by atoms with Crippen LogP contribution < -0.4 is 5.32 Å². The number of ether oxygens (including phenoxy) is 2. The first-order valence-corrected chi connectivity index (χ1v) is 7.13. The monoisotopic (exact) mass is 255 g/mol. The van der Waals surface area contributed by atoms with Crippen LogP contribution in [0.15, 0.2) is 17.5 Å². The van der Waals surface area contributed by atoms with Crippen LogP contribution in [0.4, 0.5) is 0 Å². The van der Waals surface area contributed by atoms with E-state index in [4.69, 9.17) is 9.47 Å². The summed E-state index contributed by atoms with van der Waals surface area (Å²) in [7, 11) is 1.77. The molecule has 1 aliphatic carbocycles. The van der Waals surface area contributed by atoms with E-state index in [0.29, 0.717) is 12.6 Å². The van der Waals surface area contributed by atoms with Gasteiger partial charge in [-0.1, -0.05) is 13.0 Å². The van der Waals surface area contributed by atoms with Gasteiger partial charge in [0.1, 0.15) is 0 Å². The van der Waals surface area contributed by atoms with Crippen LogP contribution in [0.2, 0.25) is 0 Å². The maximum Gasteiger partial charge on any atom is 0.0987 e. The zero-order valence-corrected chi connectivity index (χ0v) is 11.3. The van der Waals surface area contributed by atoms with Gasteiger partial charge in [-0.25, -0.2) is 0 Å². The Bertz CT molecular complexity index is 315. The zero-order valence-electron chi connectivity index (χ0n) is 10.5. The third kappa shape index (κ3) is 3.28. The van der Waals surface area contributed by atoms with E-state index in [9.17, 15) is 0 Å². The van der Waals surface area contributed by atoms with Gasteiger partial charge < -0.3 is 14.8 Å². The molecule has 1 heterocycles. The fraction of sp³-hybridized carbons (Fsp3) is 0.692. The van der Waals surface area contributed by atoms with Crippen molar-refractivity contribution in [2.45, 2.75) is 44.6 Å². The Morgan fingerprint density at radius 3 is 3.06 bits per heavy atom. The number of thiophene rings is 1. The van der Waals surface area contributed by atoms with Crippen molar-refractivity contribution in [3.8, 4) is 0 Å². The largest absolute Gasteiger partial charge is 0.377 e. The minimum atomic E-state index is 0.210. The van der Waals surface area contributed by atoms with E-state index in [1.165, 1.54) is 4.88 Å². The van der Waals surface area contributed by atoms with Crippen molar-refractivity contribution >= 4 is 11.3 Å². The van der Waals surface area contributed by atoms with Crippen LogP contribution in [0, 0.1) is 0 Å². The van der Waals surface area contributed by atoms with Crippen LogP contribution in [-0.4, -0.2) is 31.9 Å². The summed E-state index contributed by atoms with van der Waals surface area (Å²) in [4.78, 5) is 1.28. The van der Waals surface area contributed by atoms with Gasteiger partial charge in [-0.3, -0.25) is 0 Å². The molecule has 1 aliphatic rings. The second-order valence-electron chi connectivity index (χ2n) is 4.43. The molecule has 3 atom stereocenters. The molecule has 1 aromatic rings. The third-order valence-electron chi connectivity index (χ3n) is 3.20. The van der Waals surface area contributed by atoms with Crippen LogP contribution in [-0.2, 0) is 16.1 Å². The zero-order chi connectivity index (χ0) is 12.1. The average Bonchev–Trinajstić information content (AvgIpc) is 2.80. The van der Waals surface area contributed by atoms with Crippen LogP contribution in [0.5, 0.6) is 0 Å². The van der Waals surface area contributed by atoms with Crippen LogP contribution in [0.3, 0.4) is 0 Å². The number of nitrogens with one attached hydrogen (secondary N) is 1. The molecule has 1 aromatic heterocycles. The highest BCUT2D eigenvalue weighted by Gasteiger charge is 2.41. The molecule has 0 radical (unpaired) electrons. The highest BCUT2D eigenvalue weighted by atomic mass is 32.1. The summed E-state index contributed by atoms with van der Waals surface area (Å²) in [5, 5.41) is 5.57. The maximum absolute atomic E-state index is 5.88. The second kappa shape index (κ2) is 6.50. The van der Waals surface area contributed by atoms with Crippen molar-refractivity contribution in [3.05, 3.63) is 22.4 Å². The van der Waals surface area contributed by atoms with E-state index in [0.717, 1.165) is 19.4 Å². The van der Waals surface area contributed by atoms with Crippen molar-refractivity contribution in [3.63, 3.8) is 0 Å². The molecule has 0 spiro atoms. The van der Waals surface area contributed by atoms with E-state index >= 15 is 0 Å². The predicted molar refractivity (Wildman–Crippen MR) is 70.4 cm³/mol. The van der Waals surface area contributed by atoms with Crippen molar-refractivity contribution in [2.75, 3.05) is 13.7 Å². The average molecular weight is 255 g/mol. The summed E-state index contributed by atoms with van der Waals surface area (Å²) >= 11 is 1.74. The van der Waals surface area contributed by atoms with E-state index in [1.807, 2.05) is 0 Å². The number of rotatable bonds is 7. The van der Waals surface area contributed by atoms with E-state index in [2.05, 4.69) is 29.8 Å². The SMILES string of the molecule is CCCNC1CC(OCc2cccs2)C1OC. The fourth-order valence-corrected chi connectivity index (χ4v) is 2.80. The maximum atomic E-state index is 5.88. The van der Waals surface area contributed by atoms with Crippen molar-refractivity contribution in [1.29, 1.82) is 0 Å². The Morgan fingerprint density at radius 1 is 1.53 bits per heavy atom. The van der Waals surface area contributed by atoms with Gasteiger partial charge in [0.05, 0.1) is 18.8 Å². The van der Waals surface area contributed by atoms with Gasteiger partial charge in [0.15, 0.2) is 0 Å². The van der Waals surface area contributed by atoms with Gasteiger partial charge in [-0.05, 0) is 30.8 Å². The molecular weight excluding hydrogens is 234 g/mol. The van der Waals surface area contributed by atoms with Crippen molar-refractivity contribution in [2.24, 2.45) is 0 Å². The Hall–Kier alpha value is -0.420. The highest BCUT2D eigenvalue weighted by molar-refractivity contribution is 7.09. The van der Waals surface area contributed by atoms with Gasteiger partial charge in [0.25, 0.3) is 0 Å². The molecule has 1 N–H and O–H groups in total. The molecule has 2 rings (SSSR count). The molecule has 0 aromatic carbocycles. The summed E-state index contributed by atoms with van der Waals surface area (Å²) in [6.45, 7) is 3.95. The standard InChI is InChI=1S/C13H21NO2S/c1-3-6-14-11-8-12(13(11)15-2)16-9-10-5-4-7-17-10/h4-5,7,11-14H,3,6,8-9H2,1-2H3. The normalized spacial score (nSPS) is 28.0. The van der Waals surface area contributed by atoms with Gasteiger partial charge in [-0.2, -0.15) is 0 Å². The van der Waals surface area contributed by atoms with Crippen LogP contribution >= 0.6 is 11.3 Å². The molecule has 0 amide bonds. The predicted octanol–water partition coefficient (Wildman–Crippen LogP) is 2.42. The molecular formula is C13H21NO2S. The van der Waals surface area contributed by atoms with Gasteiger partial charge in [0, 0.05) is 18.0 Å².